The molecule has 5 heteroatoms. The highest BCUT2D eigenvalue weighted by molar-refractivity contribution is 9.10. The highest BCUT2D eigenvalue weighted by atomic mass is 79.9. The van der Waals surface area contributed by atoms with Crippen LogP contribution in [-0.2, 0) is 4.79 Å². The zero-order valence-corrected chi connectivity index (χ0v) is 10.8. The molecule has 0 aliphatic heterocycles. The van der Waals surface area contributed by atoms with E-state index < -0.39 is 5.97 Å². The summed E-state index contributed by atoms with van der Waals surface area (Å²) in [7, 11) is 0. The Morgan fingerprint density at radius 3 is 2.80 bits per heavy atom. The summed E-state index contributed by atoms with van der Waals surface area (Å²) in [5.74, 6) is -0.855. The van der Waals surface area contributed by atoms with Crippen LogP contribution < -0.4 is 0 Å². The van der Waals surface area contributed by atoms with Crippen LogP contribution in [0.4, 0.5) is 0 Å². The third kappa shape index (κ3) is 4.01. The number of hydrogen-bond acceptors (Lipinski definition) is 1. The Labute approximate surface area is 106 Å². The lowest BCUT2D eigenvalue weighted by Gasteiger charge is -2.10. The van der Waals surface area contributed by atoms with Gasteiger partial charge in [0, 0.05) is 15.9 Å². The Kier molecular flexibility index (Phi) is 4.90. The zero-order chi connectivity index (χ0) is 11.4. The van der Waals surface area contributed by atoms with Crippen LogP contribution in [-0.4, -0.2) is 11.1 Å². The summed E-state index contributed by atoms with van der Waals surface area (Å²) in [6, 6.07) is 5.35. The fourth-order valence-corrected chi connectivity index (χ4v) is 2.13. The average molecular weight is 312 g/mol. The number of aliphatic carboxylic acids is 1. The van der Waals surface area contributed by atoms with Gasteiger partial charge in [-0.15, -0.1) is 11.6 Å². The van der Waals surface area contributed by atoms with Crippen LogP contribution in [0.5, 0.6) is 0 Å². The molecule has 2 nitrogen and oxygen atoms in total. The molecule has 1 rings (SSSR count). The first kappa shape index (κ1) is 12.8. The number of hydrogen-bond donors (Lipinski definition) is 1. The second-order valence-corrected chi connectivity index (χ2v) is 4.92. The van der Waals surface area contributed by atoms with Crippen LogP contribution in [0.1, 0.15) is 23.8 Å². The van der Waals surface area contributed by atoms with E-state index >= 15 is 0 Å². The summed E-state index contributed by atoms with van der Waals surface area (Å²) in [4.78, 5) is 10.4. The van der Waals surface area contributed by atoms with Crippen molar-refractivity contribution < 1.29 is 9.90 Å². The first-order chi connectivity index (χ1) is 7.00. The Bertz CT molecular complexity index is 368. The van der Waals surface area contributed by atoms with E-state index in [0.717, 1.165) is 10.0 Å². The van der Waals surface area contributed by atoms with Crippen molar-refractivity contribution in [3.8, 4) is 0 Å². The van der Waals surface area contributed by atoms with Crippen LogP contribution in [0.2, 0.25) is 5.02 Å². The summed E-state index contributed by atoms with van der Waals surface area (Å²) in [5.41, 5.74) is 0.758. The molecule has 0 heterocycles. The van der Waals surface area contributed by atoms with Crippen LogP contribution in [0.3, 0.4) is 0 Å². The summed E-state index contributed by atoms with van der Waals surface area (Å²) in [6.45, 7) is 0. The van der Waals surface area contributed by atoms with Gasteiger partial charge in [-0.25, -0.2) is 0 Å². The van der Waals surface area contributed by atoms with Crippen molar-refractivity contribution in [2.75, 3.05) is 0 Å². The molecule has 0 fully saturated rings. The molecule has 1 unspecified atom stereocenters. The SMILES string of the molecule is O=C(O)CCC(Cl)c1cc(Br)ccc1Cl. The minimum Gasteiger partial charge on any atom is -0.481 e. The van der Waals surface area contributed by atoms with Gasteiger partial charge < -0.3 is 5.11 Å². The molecular weight excluding hydrogens is 303 g/mol. The predicted molar refractivity (Wildman–Crippen MR) is 64.6 cm³/mol. The Morgan fingerprint density at radius 2 is 2.20 bits per heavy atom. The monoisotopic (exact) mass is 310 g/mol. The van der Waals surface area contributed by atoms with Crippen LogP contribution in [0.15, 0.2) is 22.7 Å². The van der Waals surface area contributed by atoms with Gasteiger partial charge in [0.05, 0.1) is 5.38 Å². The van der Waals surface area contributed by atoms with E-state index in [4.69, 9.17) is 28.3 Å². The number of rotatable bonds is 4. The standard InChI is InChI=1S/C10H9BrCl2O2/c11-6-1-2-8(12)7(5-6)9(13)3-4-10(14)15/h1-2,5,9H,3-4H2,(H,14,15). The molecule has 0 bridgehead atoms. The fourth-order valence-electron chi connectivity index (χ4n) is 1.16. The zero-order valence-electron chi connectivity index (χ0n) is 7.71. The number of benzene rings is 1. The van der Waals surface area contributed by atoms with Gasteiger partial charge in [-0.3, -0.25) is 4.79 Å². The van der Waals surface area contributed by atoms with E-state index in [1.807, 2.05) is 12.1 Å². The van der Waals surface area contributed by atoms with E-state index in [9.17, 15) is 4.79 Å². The number of carboxylic acids is 1. The molecule has 82 valence electrons. The molecule has 0 spiro atoms. The maximum Gasteiger partial charge on any atom is 0.303 e. The third-order valence-corrected chi connectivity index (χ3v) is 3.20. The lowest BCUT2D eigenvalue weighted by Crippen LogP contribution is -1.99. The van der Waals surface area contributed by atoms with E-state index in [2.05, 4.69) is 15.9 Å². The summed E-state index contributed by atoms with van der Waals surface area (Å²) in [6.07, 6.45) is 0.407. The summed E-state index contributed by atoms with van der Waals surface area (Å²) >= 11 is 15.3. The summed E-state index contributed by atoms with van der Waals surface area (Å²) in [5, 5.41) is 8.72. The first-order valence-electron chi connectivity index (χ1n) is 4.31. The highest BCUT2D eigenvalue weighted by Crippen LogP contribution is 2.33. The Morgan fingerprint density at radius 1 is 1.53 bits per heavy atom. The molecule has 0 saturated heterocycles. The van der Waals surface area contributed by atoms with E-state index in [1.54, 1.807) is 6.07 Å². The fraction of sp³-hybridized carbons (Fsp3) is 0.300. The van der Waals surface area contributed by atoms with Crippen molar-refractivity contribution in [3.05, 3.63) is 33.3 Å². The number of halogens is 3. The smallest absolute Gasteiger partial charge is 0.303 e. The lowest BCUT2D eigenvalue weighted by molar-refractivity contribution is -0.137. The van der Waals surface area contributed by atoms with Crippen molar-refractivity contribution in [2.24, 2.45) is 0 Å². The number of carbonyl (C=O) groups is 1. The van der Waals surface area contributed by atoms with Gasteiger partial charge in [-0.2, -0.15) is 0 Å². The maximum absolute atomic E-state index is 10.4. The molecule has 1 atom stereocenters. The molecule has 0 aromatic heterocycles. The largest absolute Gasteiger partial charge is 0.481 e. The summed E-state index contributed by atoms with van der Waals surface area (Å²) < 4.78 is 0.878. The quantitative estimate of drug-likeness (QED) is 0.844. The van der Waals surface area contributed by atoms with Gasteiger partial charge in [0.2, 0.25) is 0 Å². The highest BCUT2D eigenvalue weighted by Gasteiger charge is 2.13. The maximum atomic E-state index is 10.4. The molecule has 0 saturated carbocycles. The molecular formula is C10H9BrCl2O2. The third-order valence-electron chi connectivity index (χ3n) is 1.91. The van der Waals surface area contributed by atoms with Crippen LogP contribution in [0.25, 0.3) is 0 Å². The molecule has 1 aromatic rings. The van der Waals surface area contributed by atoms with Gasteiger partial charge in [0.25, 0.3) is 0 Å². The number of carboxylic acid groups (broad SMARTS) is 1. The first-order valence-corrected chi connectivity index (χ1v) is 5.92. The predicted octanol–water partition coefficient (Wildman–Crippen LogP) is 4.25. The van der Waals surface area contributed by atoms with Gasteiger partial charge >= 0.3 is 5.97 Å². The van der Waals surface area contributed by atoms with E-state index in [-0.39, 0.29) is 11.8 Å². The Hall–Kier alpha value is -0.250. The molecule has 0 aliphatic carbocycles. The van der Waals surface area contributed by atoms with E-state index in [0.29, 0.717) is 11.4 Å². The van der Waals surface area contributed by atoms with Crippen LogP contribution >= 0.6 is 39.1 Å². The van der Waals surface area contributed by atoms with Gasteiger partial charge in [-0.05, 0) is 30.2 Å². The molecule has 0 radical (unpaired) electrons. The normalized spacial score (nSPS) is 12.5. The average Bonchev–Trinajstić information content (AvgIpc) is 2.18. The number of alkyl halides is 1. The second-order valence-electron chi connectivity index (χ2n) is 3.07. The molecule has 1 aromatic carbocycles. The van der Waals surface area contributed by atoms with Crippen molar-refractivity contribution >= 4 is 45.1 Å². The van der Waals surface area contributed by atoms with Crippen molar-refractivity contribution in [1.29, 1.82) is 0 Å². The van der Waals surface area contributed by atoms with Crippen LogP contribution in [0, 0.1) is 0 Å². The molecule has 15 heavy (non-hydrogen) atoms. The minimum atomic E-state index is -0.855. The van der Waals surface area contributed by atoms with Gasteiger partial charge in [0.1, 0.15) is 0 Å². The van der Waals surface area contributed by atoms with Gasteiger partial charge in [0.15, 0.2) is 0 Å². The lowest BCUT2D eigenvalue weighted by atomic mass is 10.1. The van der Waals surface area contributed by atoms with Gasteiger partial charge in [-0.1, -0.05) is 27.5 Å². The minimum absolute atomic E-state index is 0.0387. The molecule has 0 amide bonds. The van der Waals surface area contributed by atoms with Crippen molar-refractivity contribution in [2.45, 2.75) is 18.2 Å². The molecule has 1 N–H and O–H groups in total. The second kappa shape index (κ2) is 5.73. The molecule has 0 aliphatic rings. The topological polar surface area (TPSA) is 37.3 Å². The van der Waals surface area contributed by atoms with Crippen molar-refractivity contribution in [1.82, 2.24) is 0 Å². The Balaban J connectivity index is 2.76. The van der Waals surface area contributed by atoms with Crippen molar-refractivity contribution in [3.63, 3.8) is 0 Å². The van der Waals surface area contributed by atoms with E-state index in [1.165, 1.54) is 0 Å².